The van der Waals surface area contributed by atoms with Crippen LogP contribution in [0.3, 0.4) is 0 Å². The molecule has 4 heteroatoms. The molecule has 0 aliphatic carbocycles. The van der Waals surface area contributed by atoms with Crippen LogP contribution in [0.25, 0.3) is 0 Å². The van der Waals surface area contributed by atoms with Crippen LogP contribution >= 0.6 is 0 Å². The van der Waals surface area contributed by atoms with Gasteiger partial charge in [-0.05, 0) is 38.0 Å². The molecule has 1 saturated heterocycles. The Morgan fingerprint density at radius 3 is 2.88 bits per heavy atom. The minimum absolute atomic E-state index is 0.0452. The molecular formula is C13H26N2O2. The van der Waals surface area contributed by atoms with Gasteiger partial charge in [0.25, 0.3) is 0 Å². The van der Waals surface area contributed by atoms with E-state index in [4.69, 9.17) is 5.11 Å². The van der Waals surface area contributed by atoms with E-state index in [-0.39, 0.29) is 18.7 Å². The summed E-state index contributed by atoms with van der Waals surface area (Å²) in [6, 6.07) is 0.275. The number of rotatable bonds is 5. The summed E-state index contributed by atoms with van der Waals surface area (Å²) in [5, 5.41) is 12.0. The molecule has 1 fully saturated rings. The van der Waals surface area contributed by atoms with E-state index in [1.165, 1.54) is 6.42 Å². The van der Waals surface area contributed by atoms with Gasteiger partial charge in [0.2, 0.25) is 0 Å². The van der Waals surface area contributed by atoms with Crippen LogP contribution in [-0.2, 0) is 0 Å². The van der Waals surface area contributed by atoms with Gasteiger partial charge in [0.05, 0.1) is 0 Å². The molecule has 0 aromatic rings. The summed E-state index contributed by atoms with van der Waals surface area (Å²) in [6.07, 6.45) is 5.00. The van der Waals surface area contributed by atoms with Gasteiger partial charge in [0.15, 0.2) is 0 Å². The fourth-order valence-electron chi connectivity index (χ4n) is 2.29. The average Bonchev–Trinajstić information content (AvgIpc) is 2.29. The van der Waals surface area contributed by atoms with E-state index in [9.17, 15) is 4.79 Å². The summed E-state index contributed by atoms with van der Waals surface area (Å²) < 4.78 is 0. The van der Waals surface area contributed by atoms with Gasteiger partial charge < -0.3 is 15.3 Å². The first-order valence-corrected chi connectivity index (χ1v) is 6.80. The SMILES string of the molecule is CC(C)CCNC(=O)N1CCCCC1CCO. The predicted octanol–water partition coefficient (Wildman–Crippen LogP) is 1.98. The number of urea groups is 1. The zero-order valence-electron chi connectivity index (χ0n) is 11.1. The van der Waals surface area contributed by atoms with Crippen molar-refractivity contribution in [1.29, 1.82) is 0 Å². The van der Waals surface area contributed by atoms with Crippen molar-refractivity contribution in [3.8, 4) is 0 Å². The lowest BCUT2D eigenvalue weighted by molar-refractivity contribution is 0.131. The van der Waals surface area contributed by atoms with Gasteiger partial charge in [-0.15, -0.1) is 0 Å². The molecule has 1 atom stereocenters. The number of aliphatic hydroxyl groups excluding tert-OH is 1. The maximum atomic E-state index is 12.0. The third-order valence-electron chi connectivity index (χ3n) is 3.35. The van der Waals surface area contributed by atoms with Crippen LogP contribution in [0.2, 0.25) is 0 Å². The Bertz CT molecular complexity index is 229. The largest absolute Gasteiger partial charge is 0.396 e. The predicted molar refractivity (Wildman–Crippen MR) is 68.9 cm³/mol. The average molecular weight is 242 g/mol. The molecule has 0 bridgehead atoms. The number of nitrogens with zero attached hydrogens (tertiary/aromatic N) is 1. The maximum absolute atomic E-state index is 12.0. The molecule has 1 heterocycles. The Hall–Kier alpha value is -0.770. The second-order valence-corrected chi connectivity index (χ2v) is 5.27. The highest BCUT2D eigenvalue weighted by Crippen LogP contribution is 2.19. The summed E-state index contributed by atoms with van der Waals surface area (Å²) >= 11 is 0. The molecular weight excluding hydrogens is 216 g/mol. The van der Waals surface area contributed by atoms with Crippen LogP contribution in [0, 0.1) is 5.92 Å². The quantitative estimate of drug-likeness (QED) is 0.774. The third-order valence-corrected chi connectivity index (χ3v) is 3.35. The second-order valence-electron chi connectivity index (χ2n) is 5.27. The van der Waals surface area contributed by atoms with E-state index < -0.39 is 0 Å². The minimum Gasteiger partial charge on any atom is -0.396 e. The molecule has 2 amide bonds. The number of aliphatic hydroxyl groups is 1. The molecule has 0 saturated carbocycles. The minimum atomic E-state index is 0.0452. The zero-order chi connectivity index (χ0) is 12.7. The van der Waals surface area contributed by atoms with Crippen LogP contribution in [-0.4, -0.2) is 41.8 Å². The fourth-order valence-corrected chi connectivity index (χ4v) is 2.29. The first kappa shape index (κ1) is 14.3. The molecule has 0 aromatic heterocycles. The van der Waals surface area contributed by atoms with Gasteiger partial charge in [0.1, 0.15) is 0 Å². The lowest BCUT2D eigenvalue weighted by Gasteiger charge is -2.35. The van der Waals surface area contributed by atoms with Gasteiger partial charge in [-0.25, -0.2) is 4.79 Å². The van der Waals surface area contributed by atoms with E-state index >= 15 is 0 Å². The topological polar surface area (TPSA) is 52.6 Å². The molecule has 0 spiro atoms. The standard InChI is InChI=1S/C13H26N2O2/c1-11(2)6-8-14-13(17)15-9-4-3-5-12(15)7-10-16/h11-12,16H,3-10H2,1-2H3,(H,14,17). The van der Waals surface area contributed by atoms with Crippen molar-refractivity contribution in [2.75, 3.05) is 19.7 Å². The normalized spacial score (nSPS) is 20.7. The zero-order valence-corrected chi connectivity index (χ0v) is 11.1. The van der Waals surface area contributed by atoms with Gasteiger partial charge >= 0.3 is 6.03 Å². The van der Waals surface area contributed by atoms with Crippen molar-refractivity contribution < 1.29 is 9.90 Å². The summed E-state index contributed by atoms with van der Waals surface area (Å²) in [5.41, 5.74) is 0. The molecule has 2 N–H and O–H groups in total. The summed E-state index contributed by atoms with van der Waals surface area (Å²) in [6.45, 7) is 6.06. The maximum Gasteiger partial charge on any atom is 0.317 e. The Balaban J connectivity index is 2.36. The van der Waals surface area contributed by atoms with Gasteiger partial charge in [-0.1, -0.05) is 13.8 Å². The molecule has 0 aromatic carbocycles. The summed E-state index contributed by atoms with van der Waals surface area (Å²) in [5.74, 6) is 0.616. The molecule has 0 radical (unpaired) electrons. The first-order valence-electron chi connectivity index (χ1n) is 6.80. The number of amides is 2. The van der Waals surface area contributed by atoms with E-state index in [1.807, 2.05) is 4.90 Å². The number of hydrogen-bond donors (Lipinski definition) is 2. The van der Waals surface area contributed by atoms with Crippen molar-refractivity contribution in [2.24, 2.45) is 5.92 Å². The molecule has 1 unspecified atom stereocenters. The fraction of sp³-hybridized carbons (Fsp3) is 0.923. The lowest BCUT2D eigenvalue weighted by atomic mass is 10.0. The number of likely N-dealkylation sites (tertiary alicyclic amines) is 1. The molecule has 4 nitrogen and oxygen atoms in total. The summed E-state index contributed by atoms with van der Waals surface area (Å²) in [4.78, 5) is 13.9. The van der Waals surface area contributed by atoms with Gasteiger partial charge in [-0.2, -0.15) is 0 Å². The number of carbonyl (C=O) groups is 1. The van der Waals surface area contributed by atoms with E-state index in [0.717, 1.165) is 32.4 Å². The van der Waals surface area contributed by atoms with Crippen molar-refractivity contribution >= 4 is 6.03 Å². The number of carbonyl (C=O) groups excluding carboxylic acids is 1. The number of hydrogen-bond acceptors (Lipinski definition) is 2. The van der Waals surface area contributed by atoms with Crippen LogP contribution in [0.5, 0.6) is 0 Å². The van der Waals surface area contributed by atoms with Crippen LogP contribution in [0.4, 0.5) is 4.79 Å². The Morgan fingerprint density at radius 1 is 1.47 bits per heavy atom. The molecule has 100 valence electrons. The van der Waals surface area contributed by atoms with Crippen molar-refractivity contribution in [3.05, 3.63) is 0 Å². The first-order chi connectivity index (χ1) is 8.15. The molecule has 17 heavy (non-hydrogen) atoms. The summed E-state index contributed by atoms with van der Waals surface area (Å²) in [7, 11) is 0. The Morgan fingerprint density at radius 2 is 2.24 bits per heavy atom. The second kappa shape index (κ2) is 7.54. The molecule has 1 aliphatic rings. The van der Waals surface area contributed by atoms with E-state index in [0.29, 0.717) is 12.3 Å². The highest BCUT2D eigenvalue weighted by Gasteiger charge is 2.25. The monoisotopic (exact) mass is 242 g/mol. The highest BCUT2D eigenvalue weighted by atomic mass is 16.3. The molecule has 1 rings (SSSR count). The van der Waals surface area contributed by atoms with Crippen molar-refractivity contribution in [3.63, 3.8) is 0 Å². The lowest BCUT2D eigenvalue weighted by Crippen LogP contribution is -2.49. The number of piperidine rings is 1. The Labute approximate surface area is 104 Å². The van der Waals surface area contributed by atoms with Gasteiger partial charge in [0, 0.05) is 25.7 Å². The smallest absolute Gasteiger partial charge is 0.317 e. The van der Waals surface area contributed by atoms with Crippen LogP contribution in [0.15, 0.2) is 0 Å². The number of nitrogens with one attached hydrogen (secondary N) is 1. The van der Waals surface area contributed by atoms with Crippen LogP contribution in [0.1, 0.15) is 46.0 Å². The van der Waals surface area contributed by atoms with E-state index in [1.54, 1.807) is 0 Å². The third kappa shape index (κ3) is 4.94. The van der Waals surface area contributed by atoms with Crippen molar-refractivity contribution in [2.45, 2.75) is 52.0 Å². The highest BCUT2D eigenvalue weighted by molar-refractivity contribution is 5.74. The van der Waals surface area contributed by atoms with E-state index in [2.05, 4.69) is 19.2 Å². The van der Waals surface area contributed by atoms with Crippen LogP contribution < -0.4 is 5.32 Å². The van der Waals surface area contributed by atoms with Crippen molar-refractivity contribution in [1.82, 2.24) is 10.2 Å². The van der Waals surface area contributed by atoms with Gasteiger partial charge in [-0.3, -0.25) is 0 Å². The Kier molecular flexibility index (Phi) is 6.34. The molecule has 1 aliphatic heterocycles.